The smallest absolute Gasteiger partial charge is 0.389 e. The summed E-state index contributed by atoms with van der Waals surface area (Å²) >= 11 is 0. The molecule has 0 saturated heterocycles. The lowest BCUT2D eigenvalue weighted by molar-refractivity contribution is -0.144. The van der Waals surface area contributed by atoms with Crippen LogP contribution in [0.4, 0.5) is 13.2 Å². The second kappa shape index (κ2) is 6.37. The maximum Gasteiger partial charge on any atom is 0.389 e. The molecule has 1 aliphatic rings. The molecule has 1 amide bonds. The molecule has 0 aliphatic carbocycles. The molecule has 0 aromatic heterocycles. The van der Waals surface area contributed by atoms with Crippen LogP contribution in [0.5, 0.6) is 5.75 Å². The monoisotopic (exact) mass is 301 g/mol. The zero-order valence-corrected chi connectivity index (χ0v) is 11.8. The largest absolute Gasteiger partial charge is 0.493 e. The minimum absolute atomic E-state index is 0.203. The maximum atomic E-state index is 12.0. The van der Waals surface area contributed by atoms with Crippen LogP contribution in [-0.2, 0) is 17.6 Å². The van der Waals surface area contributed by atoms with E-state index < -0.39 is 24.9 Å². The summed E-state index contributed by atoms with van der Waals surface area (Å²) in [7, 11) is 0. The zero-order chi connectivity index (χ0) is 15.5. The first-order valence-corrected chi connectivity index (χ1v) is 6.94. The second-order valence-corrected chi connectivity index (χ2v) is 5.33. The molecule has 0 saturated carbocycles. The van der Waals surface area contributed by atoms with E-state index in [9.17, 15) is 18.0 Å². The summed E-state index contributed by atoms with van der Waals surface area (Å²) in [5.74, 6) is 0.324. The van der Waals surface area contributed by atoms with Crippen LogP contribution in [-0.4, -0.2) is 24.7 Å². The van der Waals surface area contributed by atoms with Gasteiger partial charge in [0.05, 0.1) is 13.0 Å². The molecule has 1 heterocycles. The van der Waals surface area contributed by atoms with E-state index in [0.29, 0.717) is 13.0 Å². The molecule has 21 heavy (non-hydrogen) atoms. The van der Waals surface area contributed by atoms with Crippen LogP contribution < -0.4 is 10.1 Å². The third-order valence-electron chi connectivity index (χ3n) is 3.34. The lowest BCUT2D eigenvalue weighted by atomic mass is 10.0. The van der Waals surface area contributed by atoms with Crippen molar-refractivity contribution in [3.63, 3.8) is 0 Å². The van der Waals surface area contributed by atoms with E-state index in [0.717, 1.165) is 23.3 Å². The van der Waals surface area contributed by atoms with Crippen molar-refractivity contribution in [3.05, 3.63) is 29.3 Å². The Bertz CT molecular complexity index is 514. The highest BCUT2D eigenvalue weighted by Crippen LogP contribution is 2.26. The molecule has 1 N–H and O–H groups in total. The van der Waals surface area contributed by atoms with Crippen molar-refractivity contribution >= 4 is 5.91 Å². The Morgan fingerprint density at radius 3 is 2.90 bits per heavy atom. The number of amides is 1. The van der Waals surface area contributed by atoms with Gasteiger partial charge in [0.25, 0.3) is 0 Å². The van der Waals surface area contributed by atoms with E-state index in [1.54, 1.807) is 6.92 Å². The highest BCUT2D eigenvalue weighted by atomic mass is 19.4. The fraction of sp³-hybridized carbons (Fsp3) is 0.533. The third-order valence-corrected chi connectivity index (χ3v) is 3.34. The van der Waals surface area contributed by atoms with Gasteiger partial charge >= 0.3 is 6.18 Å². The molecule has 0 radical (unpaired) electrons. The van der Waals surface area contributed by atoms with Gasteiger partial charge in [-0.25, -0.2) is 0 Å². The molecule has 1 aliphatic heterocycles. The Morgan fingerprint density at radius 2 is 2.19 bits per heavy atom. The Morgan fingerprint density at radius 1 is 1.43 bits per heavy atom. The van der Waals surface area contributed by atoms with Gasteiger partial charge in [-0.1, -0.05) is 12.1 Å². The number of carbonyl (C=O) groups is 1. The first-order chi connectivity index (χ1) is 9.83. The average molecular weight is 301 g/mol. The summed E-state index contributed by atoms with van der Waals surface area (Å²) in [5.41, 5.74) is 2.19. The first kappa shape index (κ1) is 15.7. The molecule has 1 aromatic carbocycles. The van der Waals surface area contributed by atoms with Crippen LogP contribution in [0.3, 0.4) is 0 Å². The van der Waals surface area contributed by atoms with Crippen LogP contribution in [0, 0.1) is 0 Å². The number of nitrogens with one attached hydrogen (secondary N) is 1. The molecule has 2 rings (SSSR count). The van der Waals surface area contributed by atoms with Gasteiger partial charge in [0.2, 0.25) is 5.91 Å². The van der Waals surface area contributed by atoms with E-state index in [-0.39, 0.29) is 6.04 Å². The van der Waals surface area contributed by atoms with Gasteiger partial charge in [-0.15, -0.1) is 0 Å². The van der Waals surface area contributed by atoms with Gasteiger partial charge in [-0.3, -0.25) is 4.79 Å². The predicted molar refractivity (Wildman–Crippen MR) is 72.2 cm³/mol. The number of benzene rings is 1. The van der Waals surface area contributed by atoms with Crippen LogP contribution in [0.15, 0.2) is 18.2 Å². The molecule has 1 aromatic rings. The summed E-state index contributed by atoms with van der Waals surface area (Å²) in [4.78, 5) is 11.4. The fourth-order valence-corrected chi connectivity index (χ4v) is 2.37. The molecule has 6 heteroatoms. The Balaban J connectivity index is 1.81. The Kier molecular flexibility index (Phi) is 4.75. The van der Waals surface area contributed by atoms with Crippen LogP contribution in [0.2, 0.25) is 0 Å². The molecule has 0 bridgehead atoms. The SMILES string of the molecule is CC(Cc1ccc2c(c1)CCO2)NC(=O)CCC(F)(F)F. The Labute approximate surface area is 121 Å². The topological polar surface area (TPSA) is 38.3 Å². The van der Waals surface area contributed by atoms with Crippen molar-refractivity contribution in [2.45, 2.75) is 44.8 Å². The molecule has 1 atom stereocenters. The highest BCUT2D eigenvalue weighted by molar-refractivity contribution is 5.76. The maximum absolute atomic E-state index is 12.0. The number of ether oxygens (including phenoxy) is 1. The minimum Gasteiger partial charge on any atom is -0.493 e. The van der Waals surface area contributed by atoms with Crippen molar-refractivity contribution < 1.29 is 22.7 Å². The van der Waals surface area contributed by atoms with Gasteiger partial charge in [0.1, 0.15) is 5.75 Å². The molecule has 0 spiro atoms. The molecule has 116 valence electrons. The third kappa shape index (κ3) is 4.95. The molecule has 3 nitrogen and oxygen atoms in total. The van der Waals surface area contributed by atoms with Gasteiger partial charge in [0, 0.05) is 18.9 Å². The van der Waals surface area contributed by atoms with E-state index in [1.807, 2.05) is 18.2 Å². The number of hydrogen-bond acceptors (Lipinski definition) is 2. The van der Waals surface area contributed by atoms with Crippen molar-refractivity contribution in [2.24, 2.45) is 0 Å². The summed E-state index contributed by atoms with van der Waals surface area (Å²) in [6.45, 7) is 2.47. The number of hydrogen-bond donors (Lipinski definition) is 1. The molecular formula is C15H18F3NO2. The number of rotatable bonds is 5. The van der Waals surface area contributed by atoms with Gasteiger partial charge in [-0.2, -0.15) is 13.2 Å². The van der Waals surface area contributed by atoms with Crippen LogP contribution in [0.25, 0.3) is 0 Å². The number of fused-ring (bicyclic) bond motifs is 1. The Hall–Kier alpha value is -1.72. The van der Waals surface area contributed by atoms with Crippen molar-refractivity contribution in [3.8, 4) is 5.75 Å². The standard InChI is InChI=1S/C15H18F3NO2/c1-10(19-14(20)4-6-15(16,17)18)8-11-2-3-13-12(9-11)5-7-21-13/h2-3,9-10H,4-8H2,1H3,(H,19,20). The summed E-state index contributed by atoms with van der Waals surface area (Å²) < 4.78 is 41.5. The highest BCUT2D eigenvalue weighted by Gasteiger charge is 2.28. The van der Waals surface area contributed by atoms with Crippen molar-refractivity contribution in [2.75, 3.05) is 6.61 Å². The molecule has 0 fully saturated rings. The first-order valence-electron chi connectivity index (χ1n) is 6.94. The average Bonchev–Trinajstić information content (AvgIpc) is 2.82. The van der Waals surface area contributed by atoms with Gasteiger partial charge < -0.3 is 10.1 Å². The zero-order valence-electron chi connectivity index (χ0n) is 11.8. The normalized spacial score (nSPS) is 15.2. The van der Waals surface area contributed by atoms with E-state index in [2.05, 4.69) is 5.32 Å². The lowest BCUT2D eigenvalue weighted by Gasteiger charge is -2.15. The summed E-state index contributed by atoms with van der Waals surface area (Å²) in [6.07, 6.45) is -4.44. The van der Waals surface area contributed by atoms with Crippen LogP contribution in [0.1, 0.15) is 30.9 Å². The van der Waals surface area contributed by atoms with E-state index >= 15 is 0 Å². The van der Waals surface area contributed by atoms with Crippen LogP contribution >= 0.6 is 0 Å². The number of carbonyl (C=O) groups excluding carboxylic acids is 1. The minimum atomic E-state index is -4.29. The fourth-order valence-electron chi connectivity index (χ4n) is 2.37. The number of halogens is 3. The lowest BCUT2D eigenvalue weighted by Crippen LogP contribution is -2.34. The van der Waals surface area contributed by atoms with Gasteiger partial charge in [-0.05, 0) is 30.5 Å². The second-order valence-electron chi connectivity index (χ2n) is 5.33. The van der Waals surface area contributed by atoms with E-state index in [1.165, 1.54) is 0 Å². The summed E-state index contributed by atoms with van der Waals surface area (Å²) in [6, 6.07) is 5.64. The summed E-state index contributed by atoms with van der Waals surface area (Å²) in [5, 5.41) is 2.60. The van der Waals surface area contributed by atoms with Crippen molar-refractivity contribution in [1.29, 1.82) is 0 Å². The quantitative estimate of drug-likeness (QED) is 0.908. The van der Waals surface area contributed by atoms with E-state index in [4.69, 9.17) is 4.74 Å². The predicted octanol–water partition coefficient (Wildman–Crippen LogP) is 3.01. The van der Waals surface area contributed by atoms with Gasteiger partial charge in [0.15, 0.2) is 0 Å². The molecular weight excluding hydrogens is 283 g/mol. The molecule has 1 unspecified atom stereocenters. The van der Waals surface area contributed by atoms with Crippen molar-refractivity contribution in [1.82, 2.24) is 5.32 Å². The number of alkyl halides is 3.